The molecular weight excluding hydrogens is 516 g/mol. The van der Waals surface area contributed by atoms with Crippen molar-refractivity contribution in [3.05, 3.63) is 97.5 Å². The number of anilines is 1. The monoisotopic (exact) mass is 526 g/mol. The standard InChI is InChI=1S/C22H12BrClF4N2O2/c23-9-5-13-19(21(30-22(13)32)11-7-10(25)1-2-14(11)24)17(6-9)29-18(31)8-12-15(26)3-4-16(27)20(12)28/h1-7,21H,8H2,(H,29,31)(H,30,32). The molecule has 0 saturated carbocycles. The van der Waals surface area contributed by atoms with E-state index in [1.165, 1.54) is 18.2 Å². The largest absolute Gasteiger partial charge is 0.341 e. The molecule has 3 aromatic carbocycles. The first-order valence-electron chi connectivity index (χ1n) is 9.17. The number of nitrogens with one attached hydrogen (secondary N) is 2. The molecule has 0 bridgehead atoms. The summed E-state index contributed by atoms with van der Waals surface area (Å²) < 4.78 is 55.6. The predicted octanol–water partition coefficient (Wildman–Crippen LogP) is 5.67. The maximum atomic E-state index is 14.0. The molecule has 2 amide bonds. The van der Waals surface area contributed by atoms with Gasteiger partial charge in [0.15, 0.2) is 11.6 Å². The minimum absolute atomic E-state index is 0.139. The van der Waals surface area contributed by atoms with Gasteiger partial charge in [-0.1, -0.05) is 27.5 Å². The molecule has 1 unspecified atom stereocenters. The van der Waals surface area contributed by atoms with Crippen molar-refractivity contribution >= 4 is 45.0 Å². The summed E-state index contributed by atoms with van der Waals surface area (Å²) in [5.74, 6) is -5.72. The normalized spacial score (nSPS) is 14.8. The summed E-state index contributed by atoms with van der Waals surface area (Å²) in [4.78, 5) is 25.1. The molecule has 1 aliphatic rings. The van der Waals surface area contributed by atoms with Gasteiger partial charge in [-0.2, -0.15) is 0 Å². The van der Waals surface area contributed by atoms with E-state index in [0.717, 1.165) is 18.2 Å². The van der Waals surface area contributed by atoms with Crippen LogP contribution in [0.4, 0.5) is 23.2 Å². The maximum absolute atomic E-state index is 14.0. The lowest BCUT2D eigenvalue weighted by atomic mass is 9.96. The Balaban J connectivity index is 1.73. The van der Waals surface area contributed by atoms with E-state index in [-0.39, 0.29) is 21.8 Å². The fraction of sp³-hybridized carbons (Fsp3) is 0.0909. The summed E-state index contributed by atoms with van der Waals surface area (Å²) in [6, 6.07) is 7.12. The van der Waals surface area contributed by atoms with Gasteiger partial charge in [-0.3, -0.25) is 9.59 Å². The zero-order chi connectivity index (χ0) is 23.2. The van der Waals surface area contributed by atoms with Crippen LogP contribution in [0.1, 0.15) is 33.1 Å². The highest BCUT2D eigenvalue weighted by Crippen LogP contribution is 2.40. The van der Waals surface area contributed by atoms with Gasteiger partial charge in [0.2, 0.25) is 5.91 Å². The first kappa shape index (κ1) is 22.3. The molecule has 1 heterocycles. The van der Waals surface area contributed by atoms with E-state index in [1.807, 2.05) is 0 Å². The molecule has 4 nitrogen and oxygen atoms in total. The molecule has 0 aromatic heterocycles. The minimum Gasteiger partial charge on any atom is -0.341 e. The fourth-order valence-electron chi connectivity index (χ4n) is 3.56. The molecule has 0 radical (unpaired) electrons. The fourth-order valence-corrected chi connectivity index (χ4v) is 4.24. The number of amides is 2. The molecule has 0 spiro atoms. The number of fused-ring (bicyclic) bond motifs is 1. The third-order valence-electron chi connectivity index (χ3n) is 4.97. The molecule has 0 aliphatic carbocycles. The smallest absolute Gasteiger partial charge is 0.252 e. The van der Waals surface area contributed by atoms with Crippen LogP contribution in [0.25, 0.3) is 0 Å². The summed E-state index contributed by atoms with van der Waals surface area (Å²) in [7, 11) is 0. The zero-order valence-electron chi connectivity index (χ0n) is 15.9. The van der Waals surface area contributed by atoms with Crippen molar-refractivity contribution in [2.75, 3.05) is 5.32 Å². The average molecular weight is 528 g/mol. The van der Waals surface area contributed by atoms with E-state index in [2.05, 4.69) is 26.6 Å². The molecule has 10 heteroatoms. The number of halogens is 6. The van der Waals surface area contributed by atoms with Crippen LogP contribution in [0.5, 0.6) is 0 Å². The first-order valence-corrected chi connectivity index (χ1v) is 10.3. The topological polar surface area (TPSA) is 58.2 Å². The van der Waals surface area contributed by atoms with Gasteiger partial charge in [0, 0.05) is 37.4 Å². The van der Waals surface area contributed by atoms with Crippen molar-refractivity contribution in [3.63, 3.8) is 0 Å². The van der Waals surface area contributed by atoms with Crippen LogP contribution in [0.2, 0.25) is 5.02 Å². The number of carbonyl (C=O) groups is 2. The van der Waals surface area contributed by atoms with Gasteiger partial charge in [0.25, 0.3) is 5.91 Å². The highest BCUT2D eigenvalue weighted by atomic mass is 79.9. The van der Waals surface area contributed by atoms with E-state index in [4.69, 9.17) is 11.6 Å². The van der Waals surface area contributed by atoms with Crippen molar-refractivity contribution in [2.24, 2.45) is 0 Å². The molecule has 1 aliphatic heterocycles. The van der Waals surface area contributed by atoms with E-state index in [9.17, 15) is 27.2 Å². The van der Waals surface area contributed by atoms with Crippen molar-refractivity contribution in [3.8, 4) is 0 Å². The predicted molar refractivity (Wildman–Crippen MR) is 114 cm³/mol. The summed E-state index contributed by atoms with van der Waals surface area (Å²) >= 11 is 9.45. The lowest BCUT2D eigenvalue weighted by molar-refractivity contribution is -0.115. The maximum Gasteiger partial charge on any atom is 0.252 e. The van der Waals surface area contributed by atoms with Gasteiger partial charge in [0.05, 0.1) is 12.5 Å². The van der Waals surface area contributed by atoms with E-state index in [0.29, 0.717) is 16.1 Å². The number of hydrogen-bond donors (Lipinski definition) is 2. The Hall–Kier alpha value is -2.91. The quantitative estimate of drug-likeness (QED) is 0.339. The number of rotatable bonds is 4. The van der Waals surface area contributed by atoms with E-state index < -0.39 is 53.1 Å². The zero-order valence-corrected chi connectivity index (χ0v) is 18.3. The summed E-state index contributed by atoms with van der Waals surface area (Å²) in [5.41, 5.74) is 0.175. The van der Waals surface area contributed by atoms with Gasteiger partial charge >= 0.3 is 0 Å². The Morgan fingerprint density at radius 3 is 2.53 bits per heavy atom. The van der Waals surface area contributed by atoms with Gasteiger partial charge in [-0.25, -0.2) is 17.6 Å². The molecule has 164 valence electrons. The van der Waals surface area contributed by atoms with Crippen LogP contribution in [-0.2, 0) is 11.2 Å². The van der Waals surface area contributed by atoms with Crippen LogP contribution in [0, 0.1) is 23.3 Å². The highest BCUT2D eigenvalue weighted by Gasteiger charge is 2.34. The summed E-state index contributed by atoms with van der Waals surface area (Å²) in [6.07, 6.45) is -0.788. The first-order chi connectivity index (χ1) is 15.2. The molecule has 0 fully saturated rings. The van der Waals surface area contributed by atoms with Crippen molar-refractivity contribution in [1.82, 2.24) is 5.32 Å². The van der Waals surface area contributed by atoms with Crippen molar-refractivity contribution in [1.29, 1.82) is 0 Å². The molecule has 3 aromatic rings. The average Bonchev–Trinajstić information content (AvgIpc) is 3.06. The van der Waals surface area contributed by atoms with Gasteiger partial charge in [0.1, 0.15) is 11.6 Å². The Morgan fingerprint density at radius 2 is 1.78 bits per heavy atom. The number of benzene rings is 3. The van der Waals surface area contributed by atoms with Gasteiger partial charge < -0.3 is 10.6 Å². The summed E-state index contributed by atoms with van der Waals surface area (Å²) in [6.45, 7) is 0. The molecule has 0 saturated heterocycles. The second-order valence-corrected chi connectivity index (χ2v) is 8.36. The third kappa shape index (κ3) is 4.10. The minimum atomic E-state index is -1.46. The highest BCUT2D eigenvalue weighted by molar-refractivity contribution is 9.10. The molecule has 32 heavy (non-hydrogen) atoms. The van der Waals surface area contributed by atoms with Crippen LogP contribution in [0.15, 0.2) is 46.9 Å². The van der Waals surface area contributed by atoms with Crippen LogP contribution in [-0.4, -0.2) is 11.8 Å². The van der Waals surface area contributed by atoms with Gasteiger partial charge in [-0.15, -0.1) is 0 Å². The SMILES string of the molecule is O=C(Cc1c(F)ccc(F)c1F)Nc1cc(Br)cc2c1C(c1cc(F)ccc1Cl)NC2=O. The molecule has 2 N–H and O–H groups in total. The Morgan fingerprint density at radius 1 is 1.06 bits per heavy atom. The second kappa shape index (κ2) is 8.55. The Labute approximate surface area is 192 Å². The second-order valence-electron chi connectivity index (χ2n) is 7.03. The van der Waals surface area contributed by atoms with Crippen LogP contribution < -0.4 is 10.6 Å². The Kier molecular flexibility index (Phi) is 5.96. The molecular formula is C22H12BrClF4N2O2. The lowest BCUT2D eigenvalue weighted by Gasteiger charge is -2.18. The number of carbonyl (C=O) groups excluding carboxylic acids is 2. The molecule has 1 atom stereocenters. The third-order valence-corrected chi connectivity index (χ3v) is 5.77. The summed E-state index contributed by atoms with van der Waals surface area (Å²) in [5, 5.41) is 5.38. The van der Waals surface area contributed by atoms with Crippen LogP contribution >= 0.6 is 27.5 Å². The lowest BCUT2D eigenvalue weighted by Crippen LogP contribution is -2.21. The number of hydrogen-bond acceptors (Lipinski definition) is 2. The van der Waals surface area contributed by atoms with Crippen LogP contribution in [0.3, 0.4) is 0 Å². The van der Waals surface area contributed by atoms with Gasteiger partial charge in [-0.05, 0) is 42.5 Å². The Bertz CT molecular complexity index is 1290. The van der Waals surface area contributed by atoms with E-state index >= 15 is 0 Å². The molecule has 4 rings (SSSR count). The van der Waals surface area contributed by atoms with E-state index in [1.54, 1.807) is 0 Å². The van der Waals surface area contributed by atoms with Crippen molar-refractivity contribution < 1.29 is 27.2 Å². The van der Waals surface area contributed by atoms with Crippen molar-refractivity contribution in [2.45, 2.75) is 12.5 Å².